The predicted octanol–water partition coefficient (Wildman–Crippen LogP) is 2.03. The van der Waals surface area contributed by atoms with E-state index in [1.165, 1.54) is 45.3 Å². The van der Waals surface area contributed by atoms with Gasteiger partial charge in [0.15, 0.2) is 0 Å². The van der Waals surface area contributed by atoms with Crippen molar-refractivity contribution in [1.82, 2.24) is 10.2 Å². The number of nitrogens with one attached hydrogen (secondary N) is 1. The second kappa shape index (κ2) is 5.66. The third-order valence-electron chi connectivity index (χ3n) is 3.58. The van der Waals surface area contributed by atoms with E-state index in [4.69, 9.17) is 0 Å². The van der Waals surface area contributed by atoms with E-state index >= 15 is 0 Å². The molecule has 1 saturated heterocycles. The van der Waals surface area contributed by atoms with Gasteiger partial charge < -0.3 is 5.32 Å². The molecule has 0 bridgehead atoms. The summed E-state index contributed by atoms with van der Waals surface area (Å²) in [6, 6.07) is 0.881. The lowest BCUT2D eigenvalue weighted by Gasteiger charge is -2.31. The summed E-state index contributed by atoms with van der Waals surface area (Å²) >= 11 is 0. The molecule has 1 aliphatic heterocycles. The molecule has 1 heterocycles. The number of hydrogen-bond donors (Lipinski definition) is 1. The highest BCUT2D eigenvalue weighted by molar-refractivity contribution is 4.86. The van der Waals surface area contributed by atoms with E-state index in [1.807, 2.05) is 0 Å². The molecule has 2 rings (SSSR count). The lowest BCUT2D eigenvalue weighted by molar-refractivity contribution is 0.198. The van der Waals surface area contributed by atoms with Gasteiger partial charge in [0.2, 0.25) is 0 Å². The number of likely N-dealkylation sites (tertiary alicyclic amines) is 1. The molecular weight excluding hydrogens is 184 g/mol. The minimum absolute atomic E-state index is 0.881. The van der Waals surface area contributed by atoms with Crippen LogP contribution in [0.4, 0.5) is 0 Å². The van der Waals surface area contributed by atoms with Crippen LogP contribution in [0.2, 0.25) is 0 Å². The van der Waals surface area contributed by atoms with E-state index in [-0.39, 0.29) is 0 Å². The number of piperidine rings is 1. The molecule has 0 aromatic rings. The fraction of sp³-hybridized carbons (Fsp3) is 0.846. The Morgan fingerprint density at radius 1 is 1.20 bits per heavy atom. The molecule has 0 spiro atoms. The first-order chi connectivity index (χ1) is 7.38. The Balaban J connectivity index is 1.58. The quantitative estimate of drug-likeness (QED) is 0.695. The Kier molecular flexibility index (Phi) is 4.21. The first-order valence-electron chi connectivity index (χ1n) is 6.45. The number of nitrogens with zero attached hydrogens (tertiary/aromatic N) is 1. The van der Waals surface area contributed by atoms with Gasteiger partial charge >= 0.3 is 0 Å². The molecule has 0 aromatic heterocycles. The molecule has 0 amide bonds. The molecule has 0 aromatic carbocycles. The molecule has 15 heavy (non-hydrogen) atoms. The molecule has 1 saturated carbocycles. The van der Waals surface area contributed by atoms with Crippen LogP contribution in [-0.2, 0) is 0 Å². The van der Waals surface area contributed by atoms with Crippen molar-refractivity contribution >= 4 is 0 Å². The predicted molar refractivity (Wildman–Crippen MR) is 65.0 cm³/mol. The summed E-state index contributed by atoms with van der Waals surface area (Å²) in [6.07, 6.45) is 10.0. The highest BCUT2D eigenvalue weighted by Crippen LogP contribution is 2.21. The molecule has 1 aliphatic carbocycles. The van der Waals surface area contributed by atoms with Crippen molar-refractivity contribution < 1.29 is 0 Å². The second-order valence-corrected chi connectivity index (χ2v) is 5.00. The van der Waals surface area contributed by atoms with E-state index in [1.54, 1.807) is 0 Å². The van der Waals surface area contributed by atoms with Gasteiger partial charge in [-0.3, -0.25) is 4.90 Å². The van der Waals surface area contributed by atoms with Gasteiger partial charge in [-0.15, -0.1) is 0 Å². The van der Waals surface area contributed by atoms with Crippen LogP contribution in [0.5, 0.6) is 0 Å². The molecule has 0 unspecified atom stereocenters. The van der Waals surface area contributed by atoms with E-state index in [0.29, 0.717) is 0 Å². The summed E-state index contributed by atoms with van der Waals surface area (Å²) in [6.45, 7) is 7.11. The summed E-state index contributed by atoms with van der Waals surface area (Å²) in [4.78, 5) is 2.56. The Bertz CT molecular complexity index is 201. The molecule has 2 aliphatic rings. The van der Waals surface area contributed by atoms with Crippen LogP contribution in [0.25, 0.3) is 0 Å². The smallest absolute Gasteiger partial charge is 0.0163 e. The van der Waals surface area contributed by atoms with Crippen LogP contribution in [0, 0.1) is 5.92 Å². The molecule has 1 N–H and O–H groups in total. The normalized spacial score (nSPS) is 25.1. The maximum absolute atomic E-state index is 3.65. The van der Waals surface area contributed by atoms with Crippen molar-refractivity contribution in [3.05, 3.63) is 12.2 Å². The molecule has 2 nitrogen and oxygen atoms in total. The zero-order chi connectivity index (χ0) is 10.5. The van der Waals surface area contributed by atoms with Gasteiger partial charge in [-0.1, -0.05) is 12.2 Å². The molecule has 2 heteroatoms. The minimum atomic E-state index is 0.881. The van der Waals surface area contributed by atoms with Crippen molar-refractivity contribution in [2.75, 3.05) is 26.2 Å². The lowest BCUT2D eigenvalue weighted by atomic mass is 9.97. The maximum atomic E-state index is 3.65. The number of allylic oxidation sites excluding steroid dienone is 1. The summed E-state index contributed by atoms with van der Waals surface area (Å²) in [7, 11) is 0. The van der Waals surface area contributed by atoms with Crippen molar-refractivity contribution in [2.45, 2.75) is 38.6 Å². The average Bonchev–Trinajstić information content (AvgIpc) is 3.09. The van der Waals surface area contributed by atoms with Crippen molar-refractivity contribution in [1.29, 1.82) is 0 Å². The Morgan fingerprint density at radius 2 is 1.93 bits per heavy atom. The van der Waals surface area contributed by atoms with E-state index < -0.39 is 0 Å². The zero-order valence-corrected chi connectivity index (χ0v) is 9.91. The molecule has 86 valence electrons. The molecular formula is C13H24N2. The van der Waals surface area contributed by atoms with Crippen LogP contribution in [-0.4, -0.2) is 37.1 Å². The van der Waals surface area contributed by atoms with Crippen LogP contribution < -0.4 is 5.32 Å². The lowest BCUT2D eigenvalue weighted by Crippen LogP contribution is -2.37. The van der Waals surface area contributed by atoms with Gasteiger partial charge in [0.1, 0.15) is 0 Å². The van der Waals surface area contributed by atoms with Crippen LogP contribution in [0.15, 0.2) is 12.2 Å². The number of rotatable bonds is 5. The average molecular weight is 208 g/mol. The van der Waals surface area contributed by atoms with Gasteiger partial charge in [-0.25, -0.2) is 0 Å². The Labute approximate surface area is 93.7 Å². The Hall–Kier alpha value is -0.340. The van der Waals surface area contributed by atoms with Gasteiger partial charge in [0, 0.05) is 12.6 Å². The van der Waals surface area contributed by atoms with E-state index in [0.717, 1.165) is 18.5 Å². The van der Waals surface area contributed by atoms with Crippen LogP contribution in [0.1, 0.15) is 32.6 Å². The van der Waals surface area contributed by atoms with E-state index in [9.17, 15) is 0 Å². The summed E-state index contributed by atoms with van der Waals surface area (Å²) in [5, 5.41) is 3.65. The fourth-order valence-electron chi connectivity index (χ4n) is 2.25. The van der Waals surface area contributed by atoms with Crippen molar-refractivity contribution in [3.8, 4) is 0 Å². The minimum Gasteiger partial charge on any atom is -0.314 e. The summed E-state index contributed by atoms with van der Waals surface area (Å²) in [5.41, 5.74) is 0. The highest BCUT2D eigenvalue weighted by atomic mass is 15.1. The van der Waals surface area contributed by atoms with Gasteiger partial charge in [0.05, 0.1) is 0 Å². The standard InChI is InChI=1S/C13H24N2/c1-2-3-8-15-9-6-12(7-10-15)11-14-13-4-5-13/h2-3,12-14H,4-11H2,1H3. The van der Waals surface area contributed by atoms with Crippen LogP contribution in [0.3, 0.4) is 0 Å². The van der Waals surface area contributed by atoms with Crippen molar-refractivity contribution in [3.63, 3.8) is 0 Å². The summed E-state index contributed by atoms with van der Waals surface area (Å²) in [5.74, 6) is 0.937. The molecule has 2 fully saturated rings. The van der Waals surface area contributed by atoms with Gasteiger partial charge in [0.25, 0.3) is 0 Å². The SMILES string of the molecule is CC=CCN1CCC(CNC2CC2)CC1. The largest absolute Gasteiger partial charge is 0.314 e. The zero-order valence-electron chi connectivity index (χ0n) is 9.91. The summed E-state index contributed by atoms with van der Waals surface area (Å²) < 4.78 is 0. The topological polar surface area (TPSA) is 15.3 Å². The first-order valence-corrected chi connectivity index (χ1v) is 6.45. The molecule has 0 atom stereocenters. The van der Waals surface area contributed by atoms with Crippen LogP contribution >= 0.6 is 0 Å². The third-order valence-corrected chi connectivity index (χ3v) is 3.58. The fourth-order valence-corrected chi connectivity index (χ4v) is 2.25. The molecule has 0 radical (unpaired) electrons. The highest BCUT2D eigenvalue weighted by Gasteiger charge is 2.23. The second-order valence-electron chi connectivity index (χ2n) is 5.00. The third kappa shape index (κ3) is 3.96. The van der Waals surface area contributed by atoms with Gasteiger partial charge in [-0.05, 0) is 58.2 Å². The van der Waals surface area contributed by atoms with Gasteiger partial charge in [-0.2, -0.15) is 0 Å². The van der Waals surface area contributed by atoms with E-state index in [2.05, 4.69) is 29.3 Å². The van der Waals surface area contributed by atoms with Crippen molar-refractivity contribution in [2.24, 2.45) is 5.92 Å². The monoisotopic (exact) mass is 208 g/mol. The first kappa shape index (κ1) is 11.2. The Morgan fingerprint density at radius 3 is 2.53 bits per heavy atom. The number of hydrogen-bond acceptors (Lipinski definition) is 2. The maximum Gasteiger partial charge on any atom is 0.0163 e.